The number of nitrogens with zero attached hydrogens (tertiary/aromatic N) is 5. The number of carbonyl (C=O) groups excluding carboxylic acids is 1. The van der Waals surface area contributed by atoms with E-state index in [-0.39, 0.29) is 35.6 Å². The van der Waals surface area contributed by atoms with Crippen molar-refractivity contribution in [3.8, 4) is 17.1 Å². The Kier molecular flexibility index (Phi) is 7.44. The fourth-order valence-corrected chi connectivity index (χ4v) is 5.72. The van der Waals surface area contributed by atoms with Crippen LogP contribution in [0.3, 0.4) is 0 Å². The lowest BCUT2D eigenvalue weighted by Crippen LogP contribution is -2.24. The molecule has 0 unspecified atom stereocenters. The fourth-order valence-electron chi connectivity index (χ4n) is 4.53. The fraction of sp³-hybridized carbons (Fsp3) is 0.458. The summed E-state index contributed by atoms with van der Waals surface area (Å²) in [5.41, 5.74) is 2.34. The first-order valence-corrected chi connectivity index (χ1v) is 13.7. The van der Waals surface area contributed by atoms with Crippen molar-refractivity contribution in [3.05, 3.63) is 53.3 Å². The lowest BCUT2D eigenvalue weighted by Gasteiger charge is -2.27. The largest absolute Gasteiger partial charge is 0.508 e. The van der Waals surface area contributed by atoms with Gasteiger partial charge in [-0.15, -0.1) is 10.2 Å². The molecular formula is C24H30N6O4S. The number of aromatic hydroxyl groups is 1. The standard InChI is InChI=1S/C24H30N6O4S/c1-16-10-20(12-22(26-16)24(32)25-13-19-4-3-5-21(31)11-19)23-27-29-30(28-23)14-17-6-8-18(9-7-17)15-35(2,33)34/h3-5,10-12,17-18,31H,6-9,13-15H2,1-2H3,(H,25,32). The monoisotopic (exact) mass is 498 g/mol. The Morgan fingerprint density at radius 2 is 1.89 bits per heavy atom. The number of carbonyl (C=O) groups is 1. The topological polar surface area (TPSA) is 140 Å². The van der Waals surface area contributed by atoms with Gasteiger partial charge in [0.1, 0.15) is 21.3 Å². The van der Waals surface area contributed by atoms with Crippen LogP contribution in [0.4, 0.5) is 0 Å². The summed E-state index contributed by atoms with van der Waals surface area (Å²) in [7, 11) is -2.94. The molecule has 4 rings (SSSR count). The van der Waals surface area contributed by atoms with E-state index in [4.69, 9.17) is 0 Å². The number of tetrazole rings is 1. The third-order valence-electron chi connectivity index (χ3n) is 6.19. The lowest BCUT2D eigenvalue weighted by atomic mass is 9.83. The third kappa shape index (κ3) is 7.08. The number of hydrogen-bond donors (Lipinski definition) is 2. The molecule has 0 saturated heterocycles. The van der Waals surface area contributed by atoms with Gasteiger partial charge in [0, 0.05) is 24.1 Å². The van der Waals surface area contributed by atoms with Crippen LogP contribution in [-0.4, -0.2) is 56.6 Å². The van der Waals surface area contributed by atoms with Gasteiger partial charge in [0.05, 0.1) is 12.3 Å². The molecule has 35 heavy (non-hydrogen) atoms. The van der Waals surface area contributed by atoms with E-state index in [1.165, 1.54) is 6.26 Å². The Morgan fingerprint density at radius 1 is 1.14 bits per heavy atom. The maximum absolute atomic E-state index is 12.7. The molecule has 0 atom stereocenters. The summed E-state index contributed by atoms with van der Waals surface area (Å²) in [5, 5.41) is 25.3. The van der Waals surface area contributed by atoms with E-state index in [0.29, 0.717) is 29.5 Å². The quantitative estimate of drug-likeness (QED) is 0.483. The van der Waals surface area contributed by atoms with Crippen molar-refractivity contribution in [2.75, 3.05) is 12.0 Å². The van der Waals surface area contributed by atoms with Gasteiger partial charge >= 0.3 is 0 Å². The summed E-state index contributed by atoms with van der Waals surface area (Å²) in [6, 6.07) is 10.2. The highest BCUT2D eigenvalue weighted by Gasteiger charge is 2.25. The molecule has 2 N–H and O–H groups in total. The molecule has 0 radical (unpaired) electrons. The molecule has 2 heterocycles. The van der Waals surface area contributed by atoms with E-state index in [9.17, 15) is 18.3 Å². The number of pyridine rings is 1. The molecule has 1 amide bonds. The van der Waals surface area contributed by atoms with Gasteiger partial charge in [-0.25, -0.2) is 13.4 Å². The van der Waals surface area contributed by atoms with Crippen LogP contribution < -0.4 is 5.32 Å². The number of rotatable bonds is 8. The minimum atomic E-state index is -2.94. The average molecular weight is 499 g/mol. The number of phenolic OH excluding ortho intramolecular Hbond substituents is 1. The summed E-state index contributed by atoms with van der Waals surface area (Å²) in [6.45, 7) is 2.69. The van der Waals surface area contributed by atoms with Crippen LogP contribution in [0.2, 0.25) is 0 Å². The Hall–Kier alpha value is -3.34. The van der Waals surface area contributed by atoms with Crippen molar-refractivity contribution in [1.29, 1.82) is 0 Å². The number of aryl methyl sites for hydroxylation is 1. The Labute approximate surface area is 204 Å². The number of nitrogens with one attached hydrogen (secondary N) is 1. The number of phenols is 1. The molecule has 0 aliphatic heterocycles. The third-order valence-corrected chi connectivity index (χ3v) is 7.26. The predicted molar refractivity (Wildman–Crippen MR) is 130 cm³/mol. The van der Waals surface area contributed by atoms with Crippen LogP contribution >= 0.6 is 0 Å². The van der Waals surface area contributed by atoms with Gasteiger partial charge in [-0.2, -0.15) is 4.80 Å². The average Bonchev–Trinajstić information content (AvgIpc) is 3.26. The first kappa shape index (κ1) is 24.8. The zero-order chi connectivity index (χ0) is 25.0. The minimum Gasteiger partial charge on any atom is -0.508 e. The number of amides is 1. The number of hydrogen-bond acceptors (Lipinski definition) is 8. The molecule has 1 fully saturated rings. The highest BCUT2D eigenvalue weighted by Crippen LogP contribution is 2.30. The molecule has 2 aromatic heterocycles. The highest BCUT2D eigenvalue weighted by atomic mass is 32.2. The summed E-state index contributed by atoms with van der Waals surface area (Å²) in [5.74, 6) is 1.10. The van der Waals surface area contributed by atoms with Crippen LogP contribution in [0.1, 0.15) is 47.4 Å². The van der Waals surface area contributed by atoms with Crippen LogP contribution in [0.5, 0.6) is 5.75 Å². The van der Waals surface area contributed by atoms with Gasteiger partial charge in [-0.05, 0) is 79.5 Å². The molecule has 10 nitrogen and oxygen atoms in total. The van der Waals surface area contributed by atoms with E-state index in [1.54, 1.807) is 36.0 Å². The smallest absolute Gasteiger partial charge is 0.270 e. The molecular weight excluding hydrogens is 468 g/mol. The second-order valence-electron chi connectivity index (χ2n) is 9.38. The van der Waals surface area contributed by atoms with Crippen molar-refractivity contribution in [2.45, 2.75) is 45.7 Å². The lowest BCUT2D eigenvalue weighted by molar-refractivity contribution is 0.0945. The molecule has 3 aromatic rings. The molecule has 0 bridgehead atoms. The number of aromatic nitrogens is 5. The summed E-state index contributed by atoms with van der Waals surface area (Å²) in [4.78, 5) is 18.6. The van der Waals surface area contributed by atoms with Gasteiger partial charge in [-0.1, -0.05) is 12.1 Å². The molecule has 1 saturated carbocycles. The minimum absolute atomic E-state index is 0.142. The predicted octanol–water partition coefficient (Wildman–Crippen LogP) is 2.53. The SMILES string of the molecule is Cc1cc(-c2nnn(CC3CCC(CS(C)(=O)=O)CC3)n2)cc(C(=O)NCc2cccc(O)c2)n1. The number of sulfone groups is 1. The summed E-state index contributed by atoms with van der Waals surface area (Å²) < 4.78 is 23.1. The highest BCUT2D eigenvalue weighted by molar-refractivity contribution is 7.90. The van der Waals surface area contributed by atoms with Crippen molar-refractivity contribution in [1.82, 2.24) is 30.5 Å². The zero-order valence-electron chi connectivity index (χ0n) is 19.9. The van der Waals surface area contributed by atoms with E-state index >= 15 is 0 Å². The molecule has 0 spiro atoms. The maximum Gasteiger partial charge on any atom is 0.270 e. The van der Waals surface area contributed by atoms with Crippen molar-refractivity contribution in [3.63, 3.8) is 0 Å². The van der Waals surface area contributed by atoms with Gasteiger partial charge in [-0.3, -0.25) is 4.79 Å². The Balaban J connectivity index is 1.37. The van der Waals surface area contributed by atoms with Gasteiger partial charge < -0.3 is 10.4 Å². The molecule has 1 aromatic carbocycles. The zero-order valence-corrected chi connectivity index (χ0v) is 20.7. The molecule has 1 aliphatic carbocycles. The molecule has 1 aliphatic rings. The van der Waals surface area contributed by atoms with Gasteiger partial charge in [0.15, 0.2) is 0 Å². The van der Waals surface area contributed by atoms with E-state index in [0.717, 1.165) is 31.2 Å². The normalized spacial score (nSPS) is 18.3. The molecule has 186 valence electrons. The number of benzene rings is 1. The van der Waals surface area contributed by atoms with Gasteiger partial charge in [0.2, 0.25) is 5.82 Å². The van der Waals surface area contributed by atoms with Crippen LogP contribution in [-0.2, 0) is 22.9 Å². The van der Waals surface area contributed by atoms with E-state index in [1.807, 2.05) is 12.1 Å². The van der Waals surface area contributed by atoms with Gasteiger partial charge in [0.25, 0.3) is 5.91 Å². The first-order valence-electron chi connectivity index (χ1n) is 11.7. The Bertz CT molecular complexity index is 1300. The van der Waals surface area contributed by atoms with Crippen LogP contribution in [0.15, 0.2) is 36.4 Å². The van der Waals surface area contributed by atoms with Crippen LogP contribution in [0.25, 0.3) is 11.4 Å². The van der Waals surface area contributed by atoms with Crippen molar-refractivity contribution in [2.24, 2.45) is 11.8 Å². The van der Waals surface area contributed by atoms with Crippen molar-refractivity contribution < 1.29 is 18.3 Å². The summed E-state index contributed by atoms with van der Waals surface area (Å²) >= 11 is 0. The van der Waals surface area contributed by atoms with E-state index < -0.39 is 9.84 Å². The maximum atomic E-state index is 12.7. The Morgan fingerprint density at radius 3 is 2.60 bits per heavy atom. The van der Waals surface area contributed by atoms with E-state index in [2.05, 4.69) is 25.7 Å². The first-order chi connectivity index (χ1) is 16.6. The second-order valence-corrected chi connectivity index (χ2v) is 11.6. The van der Waals surface area contributed by atoms with Crippen molar-refractivity contribution >= 4 is 15.7 Å². The summed E-state index contributed by atoms with van der Waals surface area (Å²) in [6.07, 6.45) is 4.96. The van der Waals surface area contributed by atoms with Crippen LogP contribution in [0, 0.1) is 18.8 Å². The molecule has 11 heteroatoms. The second kappa shape index (κ2) is 10.5.